The maximum absolute atomic E-state index is 9.58. The molecule has 140 valence electrons. The maximum atomic E-state index is 9.58. The highest BCUT2D eigenvalue weighted by atomic mass is 32.1. The van der Waals surface area contributed by atoms with E-state index in [2.05, 4.69) is 36.5 Å². The van der Waals surface area contributed by atoms with Gasteiger partial charge in [-0.1, -0.05) is 6.92 Å². The van der Waals surface area contributed by atoms with Crippen molar-refractivity contribution in [3.8, 4) is 27.4 Å². The number of rotatable bonds is 6. The molecule has 2 aromatic heterocycles. The van der Waals surface area contributed by atoms with Gasteiger partial charge in [0.05, 0.1) is 11.8 Å². The summed E-state index contributed by atoms with van der Waals surface area (Å²) in [5.41, 5.74) is 3.04. The molecule has 0 amide bonds. The quantitative estimate of drug-likeness (QED) is 0.606. The van der Waals surface area contributed by atoms with Gasteiger partial charge in [-0.25, -0.2) is 4.98 Å². The largest absolute Gasteiger partial charge is 0.508 e. The van der Waals surface area contributed by atoms with Gasteiger partial charge in [0.1, 0.15) is 11.6 Å². The zero-order valence-corrected chi connectivity index (χ0v) is 16.3. The highest BCUT2D eigenvalue weighted by Gasteiger charge is 2.16. The minimum Gasteiger partial charge on any atom is -0.508 e. The summed E-state index contributed by atoms with van der Waals surface area (Å²) in [5.74, 6) is 1.12. The number of nitrogens with one attached hydrogen (secondary N) is 1. The zero-order valence-electron chi connectivity index (χ0n) is 15.4. The van der Waals surface area contributed by atoms with Crippen molar-refractivity contribution in [1.29, 1.82) is 0 Å². The first kappa shape index (κ1) is 18.0. The lowest BCUT2D eigenvalue weighted by Gasteiger charge is -2.14. The van der Waals surface area contributed by atoms with Crippen LogP contribution in [0.25, 0.3) is 21.7 Å². The number of anilines is 1. The number of thiophene rings is 1. The van der Waals surface area contributed by atoms with Crippen molar-refractivity contribution in [1.82, 2.24) is 4.98 Å². The number of pyridine rings is 1. The highest BCUT2D eigenvalue weighted by molar-refractivity contribution is 7.15. The van der Waals surface area contributed by atoms with Crippen LogP contribution in [0.1, 0.15) is 24.6 Å². The fraction of sp³-hybridized carbons (Fsp3) is 0.318. The summed E-state index contributed by atoms with van der Waals surface area (Å²) >= 11 is 1.82. The molecule has 0 saturated carbocycles. The molecule has 27 heavy (non-hydrogen) atoms. The van der Waals surface area contributed by atoms with Crippen LogP contribution in [0, 0.1) is 0 Å². The van der Waals surface area contributed by atoms with E-state index in [1.54, 1.807) is 12.1 Å². The summed E-state index contributed by atoms with van der Waals surface area (Å²) in [7, 11) is 0. The van der Waals surface area contributed by atoms with Crippen LogP contribution in [0.4, 0.5) is 5.82 Å². The van der Waals surface area contributed by atoms with Crippen molar-refractivity contribution in [2.75, 3.05) is 18.5 Å². The fourth-order valence-electron chi connectivity index (χ4n) is 3.29. The summed E-state index contributed by atoms with van der Waals surface area (Å²) in [6.07, 6.45) is 3.54. The van der Waals surface area contributed by atoms with Crippen LogP contribution in [0.15, 0.2) is 48.5 Å². The molecule has 1 aromatic carbocycles. The van der Waals surface area contributed by atoms with Crippen molar-refractivity contribution in [2.45, 2.75) is 32.3 Å². The normalized spacial score (nSPS) is 16.6. The molecule has 1 fully saturated rings. The van der Waals surface area contributed by atoms with Gasteiger partial charge in [-0.2, -0.15) is 0 Å². The number of hydrogen-bond donors (Lipinski definition) is 2. The number of nitrogens with zero attached hydrogens (tertiary/aromatic N) is 1. The van der Waals surface area contributed by atoms with E-state index < -0.39 is 0 Å². The first-order chi connectivity index (χ1) is 13.2. The molecule has 1 unspecified atom stereocenters. The van der Waals surface area contributed by atoms with Crippen molar-refractivity contribution >= 4 is 17.2 Å². The molecule has 3 heterocycles. The predicted octanol–water partition coefficient (Wildman–Crippen LogP) is 5.34. The van der Waals surface area contributed by atoms with E-state index in [4.69, 9.17) is 9.72 Å². The number of aromatic nitrogens is 1. The molecular formula is C22H24N2O2S. The van der Waals surface area contributed by atoms with E-state index in [0.29, 0.717) is 0 Å². The monoisotopic (exact) mass is 380 g/mol. The smallest absolute Gasteiger partial charge is 0.127 e. The summed E-state index contributed by atoms with van der Waals surface area (Å²) in [5, 5.41) is 13.0. The lowest BCUT2D eigenvalue weighted by atomic mass is 10.1. The minimum atomic E-state index is 0.262. The molecule has 4 rings (SSSR count). The number of phenols is 1. The van der Waals surface area contributed by atoms with E-state index in [9.17, 15) is 5.11 Å². The molecule has 1 aliphatic rings. The Morgan fingerprint density at radius 2 is 2.00 bits per heavy atom. The summed E-state index contributed by atoms with van der Waals surface area (Å²) in [4.78, 5) is 7.42. The van der Waals surface area contributed by atoms with Crippen molar-refractivity contribution in [2.24, 2.45) is 0 Å². The summed E-state index contributed by atoms with van der Waals surface area (Å²) in [6.45, 7) is 3.81. The van der Waals surface area contributed by atoms with Crippen LogP contribution in [0.3, 0.4) is 0 Å². The number of phenolic OH excluding ortho intramolecular Hbond substituents is 1. The topological polar surface area (TPSA) is 54.4 Å². The second-order valence-corrected chi connectivity index (χ2v) is 7.98. The summed E-state index contributed by atoms with van der Waals surface area (Å²) < 4.78 is 5.72. The Morgan fingerprint density at radius 1 is 1.15 bits per heavy atom. The molecule has 0 spiro atoms. The number of benzene rings is 1. The van der Waals surface area contributed by atoms with Gasteiger partial charge >= 0.3 is 0 Å². The SMILES string of the molecule is CCc1ccc(-c2cc(NCC3CCCO3)nc(-c3ccc(O)cc3)c2)s1. The van der Waals surface area contributed by atoms with Gasteiger partial charge in [-0.3, -0.25) is 0 Å². The second kappa shape index (κ2) is 8.11. The predicted molar refractivity (Wildman–Crippen MR) is 111 cm³/mol. The second-order valence-electron chi connectivity index (χ2n) is 6.81. The molecule has 0 bridgehead atoms. The number of aromatic hydroxyl groups is 1. The van der Waals surface area contributed by atoms with Gasteiger partial charge in [-0.15, -0.1) is 11.3 Å². The van der Waals surface area contributed by atoms with Crippen molar-refractivity contribution in [3.63, 3.8) is 0 Å². The van der Waals surface area contributed by atoms with Crippen LogP contribution < -0.4 is 5.32 Å². The molecule has 2 N–H and O–H groups in total. The van der Waals surface area contributed by atoms with E-state index in [-0.39, 0.29) is 11.9 Å². The Morgan fingerprint density at radius 3 is 2.70 bits per heavy atom. The van der Waals surface area contributed by atoms with E-state index in [1.165, 1.54) is 9.75 Å². The first-order valence-corrected chi connectivity index (χ1v) is 10.3. The Balaban J connectivity index is 1.67. The molecule has 5 heteroatoms. The Bertz CT molecular complexity index is 899. The average Bonchev–Trinajstić information content (AvgIpc) is 3.38. The molecule has 1 aliphatic heterocycles. The molecule has 1 saturated heterocycles. The Labute approximate surface area is 163 Å². The van der Waals surface area contributed by atoms with Crippen molar-refractivity contribution < 1.29 is 9.84 Å². The Hall–Kier alpha value is -2.37. The third kappa shape index (κ3) is 4.31. The summed E-state index contributed by atoms with van der Waals surface area (Å²) in [6, 6.07) is 15.8. The fourth-order valence-corrected chi connectivity index (χ4v) is 4.22. The molecule has 0 aliphatic carbocycles. The van der Waals surface area contributed by atoms with Crippen molar-refractivity contribution in [3.05, 3.63) is 53.4 Å². The Kier molecular flexibility index (Phi) is 5.41. The third-order valence-corrected chi connectivity index (χ3v) is 6.10. The van der Waals surface area contributed by atoms with Gasteiger partial charge in [0.15, 0.2) is 0 Å². The number of hydrogen-bond acceptors (Lipinski definition) is 5. The van der Waals surface area contributed by atoms with Crippen LogP contribution in [0.2, 0.25) is 0 Å². The van der Waals surface area contributed by atoms with Crippen LogP contribution in [-0.2, 0) is 11.2 Å². The molecule has 4 nitrogen and oxygen atoms in total. The highest BCUT2D eigenvalue weighted by Crippen LogP contribution is 2.33. The average molecular weight is 381 g/mol. The van der Waals surface area contributed by atoms with E-state index in [1.807, 2.05) is 23.5 Å². The number of ether oxygens (including phenoxy) is 1. The standard InChI is InChI=1S/C22H24N2O2S/c1-2-19-9-10-21(27-19)16-12-20(15-5-7-17(25)8-6-15)24-22(13-16)23-14-18-4-3-11-26-18/h5-10,12-13,18,25H,2-4,11,14H2,1H3,(H,23,24). The lowest BCUT2D eigenvalue weighted by molar-refractivity contribution is 0.120. The number of aryl methyl sites for hydroxylation is 1. The van der Waals surface area contributed by atoms with Gasteiger partial charge in [0.25, 0.3) is 0 Å². The van der Waals surface area contributed by atoms with Crippen LogP contribution >= 0.6 is 11.3 Å². The third-order valence-electron chi connectivity index (χ3n) is 4.82. The first-order valence-electron chi connectivity index (χ1n) is 9.47. The molecule has 3 aromatic rings. The minimum absolute atomic E-state index is 0.262. The molecule has 1 atom stereocenters. The lowest BCUT2D eigenvalue weighted by Crippen LogP contribution is -2.19. The van der Waals surface area contributed by atoms with E-state index in [0.717, 1.165) is 55.1 Å². The molecule has 0 radical (unpaired) electrons. The van der Waals surface area contributed by atoms with Gasteiger partial charge in [-0.05, 0) is 73.4 Å². The van der Waals surface area contributed by atoms with Gasteiger partial charge in [0.2, 0.25) is 0 Å². The molecular weight excluding hydrogens is 356 g/mol. The van der Waals surface area contributed by atoms with Gasteiger partial charge < -0.3 is 15.2 Å². The van der Waals surface area contributed by atoms with Crippen LogP contribution in [-0.4, -0.2) is 29.3 Å². The van der Waals surface area contributed by atoms with Gasteiger partial charge in [0, 0.05) is 28.5 Å². The van der Waals surface area contributed by atoms with Crippen LogP contribution in [0.5, 0.6) is 5.75 Å². The zero-order chi connectivity index (χ0) is 18.6. The van der Waals surface area contributed by atoms with E-state index >= 15 is 0 Å². The maximum Gasteiger partial charge on any atom is 0.127 e.